The van der Waals surface area contributed by atoms with Crippen LogP contribution >= 0.6 is 0 Å². The zero-order valence-electron chi connectivity index (χ0n) is 9.78. The molecular weight excluding hydrogens is 210 g/mol. The van der Waals surface area contributed by atoms with Gasteiger partial charge < -0.3 is 5.11 Å². The molecule has 0 aromatic rings. The van der Waals surface area contributed by atoms with Crippen LogP contribution in [0.3, 0.4) is 0 Å². The number of nitrogens with one attached hydrogen (secondary N) is 1. The summed E-state index contributed by atoms with van der Waals surface area (Å²) in [6.45, 7) is 0.537. The molecule has 0 aliphatic rings. The van der Waals surface area contributed by atoms with Gasteiger partial charge in [-0.05, 0) is 12.8 Å². The monoisotopic (exact) mass is 233 g/mol. The van der Waals surface area contributed by atoms with Crippen LogP contribution in [-0.4, -0.2) is 22.9 Å². The first-order valence-electron chi connectivity index (χ1n) is 6.00. The third-order valence-electron chi connectivity index (χ3n) is 2.45. The van der Waals surface area contributed by atoms with Crippen LogP contribution in [0.2, 0.25) is 0 Å². The van der Waals surface area contributed by atoms with Crippen molar-refractivity contribution >= 4 is 5.97 Å². The SMILES string of the molecule is O=C(O)CCCCCCCCCCONO. The Bertz CT molecular complexity index is 164. The van der Waals surface area contributed by atoms with E-state index in [1.54, 1.807) is 5.64 Å². The van der Waals surface area contributed by atoms with Crippen LogP contribution in [0, 0.1) is 0 Å². The summed E-state index contributed by atoms with van der Waals surface area (Å²) in [6.07, 6.45) is 8.85. The van der Waals surface area contributed by atoms with Crippen LogP contribution in [0.25, 0.3) is 0 Å². The minimum Gasteiger partial charge on any atom is -0.481 e. The van der Waals surface area contributed by atoms with E-state index in [1.807, 2.05) is 0 Å². The molecule has 0 saturated carbocycles. The number of carboxylic acid groups (broad SMARTS) is 1. The van der Waals surface area contributed by atoms with E-state index in [4.69, 9.17) is 10.3 Å². The topological polar surface area (TPSA) is 78.8 Å². The first-order chi connectivity index (χ1) is 7.77. The Balaban J connectivity index is 2.90. The lowest BCUT2D eigenvalue weighted by Gasteiger charge is -2.02. The molecule has 0 aliphatic heterocycles. The molecule has 0 spiro atoms. The molecule has 16 heavy (non-hydrogen) atoms. The second kappa shape index (κ2) is 12.4. The average molecular weight is 233 g/mol. The van der Waals surface area contributed by atoms with Crippen LogP contribution < -0.4 is 5.64 Å². The van der Waals surface area contributed by atoms with Crippen molar-refractivity contribution in [2.24, 2.45) is 0 Å². The standard InChI is InChI=1S/C11H23NO4/c13-11(14)9-7-5-3-1-2-4-6-8-10-16-12-15/h12,15H,1-10H2,(H,13,14). The van der Waals surface area contributed by atoms with Crippen LogP contribution in [0.1, 0.15) is 57.8 Å². The van der Waals surface area contributed by atoms with Crippen LogP contribution in [-0.2, 0) is 9.63 Å². The molecule has 3 N–H and O–H groups in total. The summed E-state index contributed by atoms with van der Waals surface area (Å²) < 4.78 is 0. The van der Waals surface area contributed by atoms with Crippen molar-refractivity contribution in [2.75, 3.05) is 6.61 Å². The summed E-state index contributed by atoms with van der Waals surface area (Å²) in [4.78, 5) is 14.8. The Morgan fingerprint density at radius 3 is 1.94 bits per heavy atom. The molecule has 0 heterocycles. The van der Waals surface area contributed by atoms with Crippen molar-refractivity contribution in [3.63, 3.8) is 0 Å². The molecule has 0 aliphatic carbocycles. The molecule has 0 amide bonds. The van der Waals surface area contributed by atoms with Gasteiger partial charge in [0.25, 0.3) is 0 Å². The highest BCUT2D eigenvalue weighted by Crippen LogP contribution is 2.09. The molecule has 0 bridgehead atoms. The number of unbranched alkanes of at least 4 members (excludes halogenated alkanes) is 7. The van der Waals surface area contributed by atoms with Crippen molar-refractivity contribution in [1.29, 1.82) is 0 Å². The quantitative estimate of drug-likeness (QED) is 0.356. The van der Waals surface area contributed by atoms with E-state index in [1.165, 1.54) is 19.3 Å². The Kier molecular flexibility index (Phi) is 11.9. The number of carboxylic acids is 1. The Morgan fingerprint density at radius 1 is 0.938 bits per heavy atom. The van der Waals surface area contributed by atoms with Gasteiger partial charge in [-0.15, -0.1) is 0 Å². The molecule has 5 nitrogen and oxygen atoms in total. The molecular formula is C11H23NO4. The van der Waals surface area contributed by atoms with Crippen molar-refractivity contribution < 1.29 is 19.9 Å². The lowest BCUT2D eigenvalue weighted by Crippen LogP contribution is -2.08. The zero-order chi connectivity index (χ0) is 12.1. The maximum atomic E-state index is 10.2. The van der Waals surface area contributed by atoms with Crippen molar-refractivity contribution in [2.45, 2.75) is 57.8 Å². The molecule has 0 atom stereocenters. The van der Waals surface area contributed by atoms with E-state index in [9.17, 15) is 4.79 Å². The Morgan fingerprint density at radius 2 is 1.44 bits per heavy atom. The highest BCUT2D eigenvalue weighted by molar-refractivity contribution is 5.66. The molecule has 0 aromatic carbocycles. The highest BCUT2D eigenvalue weighted by Gasteiger charge is 1.96. The Labute approximate surface area is 96.7 Å². The second-order valence-electron chi connectivity index (χ2n) is 3.91. The molecule has 0 unspecified atom stereocenters. The average Bonchev–Trinajstić information content (AvgIpc) is 2.25. The van der Waals surface area contributed by atoms with E-state index in [2.05, 4.69) is 4.84 Å². The number of hydrogen-bond acceptors (Lipinski definition) is 4. The number of aliphatic carboxylic acids is 1. The van der Waals surface area contributed by atoms with Crippen molar-refractivity contribution in [3.05, 3.63) is 0 Å². The van der Waals surface area contributed by atoms with E-state index < -0.39 is 5.97 Å². The van der Waals surface area contributed by atoms with Gasteiger partial charge in [0.05, 0.1) is 6.61 Å². The van der Waals surface area contributed by atoms with Crippen LogP contribution in [0.15, 0.2) is 0 Å². The second-order valence-corrected chi connectivity index (χ2v) is 3.91. The first kappa shape index (κ1) is 15.3. The summed E-state index contributed by atoms with van der Waals surface area (Å²) in [6, 6.07) is 0. The lowest BCUT2D eigenvalue weighted by molar-refractivity contribution is -0.137. The van der Waals surface area contributed by atoms with E-state index in [0.717, 1.165) is 32.1 Å². The fourth-order valence-electron chi connectivity index (χ4n) is 1.56. The molecule has 0 radical (unpaired) electrons. The van der Waals surface area contributed by atoms with Gasteiger partial charge in [-0.3, -0.25) is 14.8 Å². The summed E-state index contributed by atoms with van der Waals surface area (Å²) >= 11 is 0. The summed E-state index contributed by atoms with van der Waals surface area (Å²) in [5.41, 5.74) is 1.65. The largest absolute Gasteiger partial charge is 0.481 e. The highest BCUT2D eigenvalue weighted by atomic mass is 16.8. The van der Waals surface area contributed by atoms with Crippen molar-refractivity contribution in [3.8, 4) is 0 Å². The van der Waals surface area contributed by atoms with Gasteiger partial charge in [0.2, 0.25) is 0 Å². The first-order valence-corrected chi connectivity index (χ1v) is 6.00. The van der Waals surface area contributed by atoms with Gasteiger partial charge >= 0.3 is 5.97 Å². The molecule has 96 valence electrons. The van der Waals surface area contributed by atoms with Crippen LogP contribution in [0.4, 0.5) is 0 Å². The minimum absolute atomic E-state index is 0.297. The van der Waals surface area contributed by atoms with E-state index in [0.29, 0.717) is 13.0 Å². The number of carbonyl (C=O) groups is 1. The smallest absolute Gasteiger partial charge is 0.303 e. The minimum atomic E-state index is -0.697. The maximum Gasteiger partial charge on any atom is 0.303 e. The summed E-state index contributed by atoms with van der Waals surface area (Å²) in [5.74, 6) is -0.697. The number of hydrogen-bond donors (Lipinski definition) is 3. The lowest BCUT2D eigenvalue weighted by atomic mass is 10.1. The zero-order valence-corrected chi connectivity index (χ0v) is 9.78. The molecule has 0 fully saturated rings. The molecule has 5 heteroatoms. The molecule has 0 saturated heterocycles. The molecule has 0 aromatic heterocycles. The predicted octanol–water partition coefficient (Wildman–Crippen LogP) is 2.49. The van der Waals surface area contributed by atoms with E-state index >= 15 is 0 Å². The molecule has 0 rings (SSSR count). The van der Waals surface area contributed by atoms with Gasteiger partial charge in [-0.2, -0.15) is 0 Å². The van der Waals surface area contributed by atoms with Gasteiger partial charge in [-0.1, -0.05) is 44.2 Å². The van der Waals surface area contributed by atoms with Gasteiger partial charge in [0.1, 0.15) is 0 Å². The van der Waals surface area contributed by atoms with Crippen molar-refractivity contribution in [1.82, 2.24) is 5.64 Å². The predicted molar refractivity (Wildman–Crippen MR) is 60.1 cm³/mol. The third-order valence-corrected chi connectivity index (χ3v) is 2.45. The number of rotatable bonds is 12. The fourth-order valence-corrected chi connectivity index (χ4v) is 1.56. The summed E-state index contributed by atoms with van der Waals surface area (Å²) in [7, 11) is 0. The summed E-state index contributed by atoms with van der Waals surface area (Å²) in [5, 5.41) is 16.5. The fraction of sp³-hybridized carbons (Fsp3) is 0.909. The van der Waals surface area contributed by atoms with E-state index in [-0.39, 0.29) is 0 Å². The van der Waals surface area contributed by atoms with Gasteiger partial charge in [-0.25, -0.2) is 0 Å². The van der Waals surface area contributed by atoms with Gasteiger partial charge in [0.15, 0.2) is 0 Å². The van der Waals surface area contributed by atoms with Gasteiger partial charge in [0, 0.05) is 6.42 Å². The maximum absolute atomic E-state index is 10.2. The normalized spacial score (nSPS) is 10.6. The van der Waals surface area contributed by atoms with Crippen LogP contribution in [0.5, 0.6) is 0 Å². The Hall–Kier alpha value is -0.650. The third kappa shape index (κ3) is 13.4.